The summed E-state index contributed by atoms with van der Waals surface area (Å²) in [5, 5.41) is 0.885. The lowest BCUT2D eigenvalue weighted by Crippen LogP contribution is -2.56. The topological polar surface area (TPSA) is 66.2 Å². The van der Waals surface area contributed by atoms with Crippen LogP contribution in [0.2, 0.25) is 0 Å². The molecule has 0 unspecified atom stereocenters. The van der Waals surface area contributed by atoms with Crippen LogP contribution in [0.4, 0.5) is 10.2 Å². The highest BCUT2D eigenvalue weighted by atomic mass is 19.1. The van der Waals surface area contributed by atoms with Crippen molar-refractivity contribution in [2.45, 2.75) is 43.7 Å². The highest BCUT2D eigenvalue weighted by Crippen LogP contribution is 2.57. The van der Waals surface area contributed by atoms with Gasteiger partial charge in [-0.3, -0.25) is 4.79 Å². The standard InChI is InChI=1S/C33H35FN6O2/c1-20(34)32(41)40-13-12-39(18-24(40)17-35-2)31-27-10-9-21(25-7-4-8-26-28-14-22(28)15-29(25)26)16-30(27)36-33(37-31)42-19-23-6-5-11-38(23)3/h4,7-10,16,22-24,28H,1,5-6,11-15,17-19H2,3H3/t22-,23-,24-,28-/m0/s1. The van der Waals surface area contributed by atoms with Crippen LogP contribution in [0.25, 0.3) is 26.9 Å². The monoisotopic (exact) mass is 566 g/mol. The zero-order chi connectivity index (χ0) is 29.0. The largest absolute Gasteiger partial charge is 0.462 e. The fourth-order valence-corrected chi connectivity index (χ4v) is 7.22. The second-order valence-corrected chi connectivity index (χ2v) is 12.2. The molecular weight excluding hydrogens is 531 g/mol. The first kappa shape index (κ1) is 26.8. The fraction of sp³-hybridized carbons (Fsp3) is 0.455. The van der Waals surface area contributed by atoms with Gasteiger partial charge in [-0.25, -0.2) is 11.0 Å². The summed E-state index contributed by atoms with van der Waals surface area (Å²) in [5.41, 5.74) is 6.16. The highest BCUT2D eigenvalue weighted by Gasteiger charge is 2.45. The Labute approximate surface area is 245 Å². The van der Waals surface area contributed by atoms with Crippen LogP contribution in [0.5, 0.6) is 6.01 Å². The molecule has 0 spiro atoms. The summed E-state index contributed by atoms with van der Waals surface area (Å²) in [6, 6.07) is 13.2. The average Bonchev–Trinajstić information content (AvgIpc) is 3.49. The SMILES string of the molecule is [C-]#[N+]C[C@H]1CN(c2nc(OC[C@@H]3CCCN3C)nc3cc(-c4cccc5c4C[C@@H]4C[C@H]54)ccc23)CCN1C(=O)C(=C)F. The number of benzene rings is 2. The number of nitrogens with zero attached hydrogens (tertiary/aromatic N) is 6. The molecule has 42 heavy (non-hydrogen) atoms. The molecule has 3 aromatic rings. The van der Waals surface area contributed by atoms with E-state index < -0.39 is 17.8 Å². The van der Waals surface area contributed by atoms with Crippen LogP contribution in [-0.2, 0) is 11.2 Å². The molecule has 1 aromatic heterocycles. The number of rotatable bonds is 7. The molecule has 2 aliphatic carbocycles. The number of carbonyl (C=O) groups is 1. The molecule has 4 atom stereocenters. The van der Waals surface area contributed by atoms with Gasteiger partial charge in [-0.1, -0.05) is 30.8 Å². The van der Waals surface area contributed by atoms with Crippen molar-refractivity contribution < 1.29 is 13.9 Å². The summed E-state index contributed by atoms with van der Waals surface area (Å²) < 4.78 is 20.0. The number of fused-ring (bicyclic) bond motifs is 4. The number of carbonyl (C=O) groups excluding carboxylic acids is 1. The average molecular weight is 567 g/mol. The van der Waals surface area contributed by atoms with Crippen LogP contribution < -0.4 is 9.64 Å². The number of halogens is 1. The summed E-state index contributed by atoms with van der Waals surface area (Å²) >= 11 is 0. The number of hydrogen-bond acceptors (Lipinski definition) is 6. The second kappa shape index (κ2) is 10.7. The van der Waals surface area contributed by atoms with E-state index in [4.69, 9.17) is 21.3 Å². The molecule has 2 aliphatic heterocycles. The summed E-state index contributed by atoms with van der Waals surface area (Å²) in [4.78, 5) is 31.6. The van der Waals surface area contributed by atoms with E-state index in [9.17, 15) is 9.18 Å². The first-order valence-corrected chi connectivity index (χ1v) is 14.9. The number of likely N-dealkylation sites (tertiary alicyclic amines) is 1. The Kier molecular flexibility index (Phi) is 6.82. The smallest absolute Gasteiger partial charge is 0.319 e. The van der Waals surface area contributed by atoms with Gasteiger partial charge in [0.2, 0.25) is 6.54 Å². The number of likely N-dealkylation sites (N-methyl/N-ethyl adjacent to an activating group) is 1. The maximum Gasteiger partial charge on any atom is 0.319 e. The van der Waals surface area contributed by atoms with Crippen molar-refractivity contribution in [3.63, 3.8) is 0 Å². The molecule has 8 nitrogen and oxygen atoms in total. The molecule has 1 amide bonds. The third-order valence-corrected chi connectivity index (χ3v) is 9.62. The molecule has 2 saturated heterocycles. The van der Waals surface area contributed by atoms with Gasteiger partial charge >= 0.3 is 6.01 Å². The Hall–Kier alpha value is -4.03. The van der Waals surface area contributed by atoms with Gasteiger partial charge in [0.1, 0.15) is 18.5 Å². The molecule has 3 heterocycles. The minimum Gasteiger partial charge on any atom is -0.462 e. The van der Waals surface area contributed by atoms with E-state index >= 15 is 0 Å². The first-order chi connectivity index (χ1) is 20.4. The van der Waals surface area contributed by atoms with Crippen LogP contribution >= 0.6 is 0 Å². The fourth-order valence-electron chi connectivity index (χ4n) is 7.22. The van der Waals surface area contributed by atoms with Gasteiger partial charge in [0.25, 0.3) is 5.91 Å². The normalized spacial score (nSPS) is 24.8. The minimum absolute atomic E-state index is 0.0706. The molecule has 3 fully saturated rings. The van der Waals surface area contributed by atoms with Crippen LogP contribution in [0.1, 0.15) is 36.3 Å². The van der Waals surface area contributed by atoms with E-state index in [-0.39, 0.29) is 13.1 Å². The quantitative estimate of drug-likeness (QED) is 0.301. The first-order valence-electron chi connectivity index (χ1n) is 14.9. The van der Waals surface area contributed by atoms with Crippen LogP contribution in [-0.4, -0.2) is 84.1 Å². The lowest BCUT2D eigenvalue weighted by Gasteiger charge is -2.39. The van der Waals surface area contributed by atoms with Crippen LogP contribution in [0, 0.1) is 12.5 Å². The highest BCUT2D eigenvalue weighted by molar-refractivity contribution is 5.94. The van der Waals surface area contributed by atoms with E-state index in [1.165, 1.54) is 28.0 Å². The zero-order valence-electron chi connectivity index (χ0n) is 23.9. The number of anilines is 1. The van der Waals surface area contributed by atoms with Gasteiger partial charge < -0.3 is 24.3 Å². The molecular formula is C33H35FN6O2. The molecule has 7 rings (SSSR count). The Bertz CT molecular complexity index is 1620. The van der Waals surface area contributed by atoms with Crippen LogP contribution in [0.15, 0.2) is 48.8 Å². The Morgan fingerprint density at radius 1 is 1.19 bits per heavy atom. The van der Waals surface area contributed by atoms with E-state index in [1.54, 1.807) is 0 Å². The van der Waals surface area contributed by atoms with Gasteiger partial charge in [-0.2, -0.15) is 9.97 Å². The van der Waals surface area contributed by atoms with Gasteiger partial charge in [0.15, 0.2) is 5.83 Å². The summed E-state index contributed by atoms with van der Waals surface area (Å²) in [6.45, 7) is 13.3. The number of amides is 1. The molecule has 4 aliphatic rings. The van der Waals surface area contributed by atoms with Crippen molar-refractivity contribution >= 4 is 22.6 Å². The van der Waals surface area contributed by atoms with Crippen molar-refractivity contribution in [1.29, 1.82) is 0 Å². The second-order valence-electron chi connectivity index (χ2n) is 12.2. The van der Waals surface area contributed by atoms with Crippen molar-refractivity contribution in [3.05, 3.63) is 71.3 Å². The maximum atomic E-state index is 13.8. The van der Waals surface area contributed by atoms with Crippen molar-refractivity contribution in [2.75, 3.05) is 51.3 Å². The van der Waals surface area contributed by atoms with Gasteiger partial charge in [-0.15, -0.1) is 0 Å². The van der Waals surface area contributed by atoms with Gasteiger partial charge in [0.05, 0.1) is 5.52 Å². The lowest BCUT2D eigenvalue weighted by atomic mass is 9.94. The summed E-state index contributed by atoms with van der Waals surface area (Å²) in [7, 11) is 2.12. The molecule has 9 heteroatoms. The van der Waals surface area contributed by atoms with Crippen LogP contribution in [0.3, 0.4) is 0 Å². The number of ether oxygens (including phenoxy) is 1. The third-order valence-electron chi connectivity index (χ3n) is 9.62. The summed E-state index contributed by atoms with van der Waals surface area (Å²) in [5.74, 6) is 0.482. The van der Waals surface area contributed by atoms with E-state index in [0.717, 1.165) is 54.1 Å². The Morgan fingerprint density at radius 3 is 2.86 bits per heavy atom. The molecule has 0 N–H and O–H groups in total. The van der Waals surface area contributed by atoms with Crippen molar-refractivity contribution in [3.8, 4) is 17.1 Å². The van der Waals surface area contributed by atoms with E-state index in [1.807, 2.05) is 0 Å². The zero-order valence-corrected chi connectivity index (χ0v) is 23.9. The van der Waals surface area contributed by atoms with Crippen molar-refractivity contribution in [2.24, 2.45) is 5.92 Å². The molecule has 2 aromatic carbocycles. The summed E-state index contributed by atoms with van der Waals surface area (Å²) in [6.07, 6.45) is 4.69. The third kappa shape index (κ3) is 4.78. The lowest BCUT2D eigenvalue weighted by molar-refractivity contribution is -0.131. The number of aromatic nitrogens is 2. The van der Waals surface area contributed by atoms with Crippen molar-refractivity contribution in [1.82, 2.24) is 19.8 Å². The molecule has 216 valence electrons. The Balaban J connectivity index is 1.25. The predicted octanol–water partition coefficient (Wildman–Crippen LogP) is 4.85. The molecule has 0 bridgehead atoms. The number of hydrogen-bond donors (Lipinski definition) is 0. The van der Waals surface area contributed by atoms with Gasteiger partial charge in [0, 0.05) is 31.1 Å². The van der Waals surface area contributed by atoms with E-state index in [2.05, 4.69) is 64.7 Å². The Morgan fingerprint density at radius 2 is 2.07 bits per heavy atom. The number of piperazine rings is 1. The minimum atomic E-state index is -1.00. The van der Waals surface area contributed by atoms with Gasteiger partial charge in [-0.05, 0) is 85.5 Å². The molecule has 1 saturated carbocycles. The van der Waals surface area contributed by atoms with E-state index in [0.29, 0.717) is 37.6 Å². The predicted molar refractivity (Wildman–Crippen MR) is 160 cm³/mol. The molecule has 0 radical (unpaired) electrons. The maximum absolute atomic E-state index is 13.8.